The van der Waals surface area contributed by atoms with Gasteiger partial charge in [0.1, 0.15) is 0 Å². The molecule has 19 heavy (non-hydrogen) atoms. The van der Waals surface area contributed by atoms with Gasteiger partial charge in [-0.05, 0) is 43.9 Å². The molecule has 1 aromatic rings. The molecule has 1 amide bonds. The number of rotatable bonds is 2. The van der Waals surface area contributed by atoms with Crippen LogP contribution in [-0.2, 0) is 11.2 Å². The van der Waals surface area contributed by atoms with Crippen LogP contribution in [0.4, 0.5) is 0 Å². The fraction of sp³-hybridized carbons (Fsp3) is 0.562. The molecule has 0 bridgehead atoms. The summed E-state index contributed by atoms with van der Waals surface area (Å²) in [5.74, 6) is 0.291. The highest BCUT2D eigenvalue weighted by molar-refractivity contribution is 5.83. The number of amides is 1. The van der Waals surface area contributed by atoms with Crippen molar-refractivity contribution in [3.63, 3.8) is 0 Å². The second kappa shape index (κ2) is 4.64. The van der Waals surface area contributed by atoms with Gasteiger partial charge in [0, 0.05) is 13.6 Å². The van der Waals surface area contributed by atoms with Gasteiger partial charge in [-0.25, -0.2) is 0 Å². The Bertz CT molecular complexity index is 491. The van der Waals surface area contributed by atoms with Gasteiger partial charge in [0.05, 0.1) is 11.5 Å². The third-order valence-corrected chi connectivity index (χ3v) is 4.77. The van der Waals surface area contributed by atoms with Crippen molar-refractivity contribution in [2.45, 2.75) is 32.2 Å². The van der Waals surface area contributed by atoms with Crippen molar-refractivity contribution in [2.24, 2.45) is 5.41 Å². The van der Waals surface area contributed by atoms with Gasteiger partial charge in [0.25, 0.3) is 0 Å². The molecule has 1 aliphatic heterocycles. The van der Waals surface area contributed by atoms with Crippen LogP contribution in [-0.4, -0.2) is 30.9 Å². The molecule has 0 saturated carbocycles. The van der Waals surface area contributed by atoms with Crippen LogP contribution in [0.25, 0.3) is 0 Å². The van der Waals surface area contributed by atoms with Crippen molar-refractivity contribution in [2.75, 3.05) is 20.1 Å². The first-order valence-electron chi connectivity index (χ1n) is 7.18. The van der Waals surface area contributed by atoms with E-state index in [0.29, 0.717) is 5.91 Å². The molecule has 1 aliphatic carbocycles. The number of fused-ring (bicyclic) bond motifs is 1. The van der Waals surface area contributed by atoms with Crippen molar-refractivity contribution in [3.8, 4) is 0 Å². The SMILES string of the molecule is CN(C(=O)C1(C)CCNC1)C1CCc2ccccc21. The predicted molar refractivity (Wildman–Crippen MR) is 75.9 cm³/mol. The Morgan fingerprint density at radius 1 is 1.42 bits per heavy atom. The number of carbonyl (C=O) groups excluding carboxylic acids is 1. The van der Waals surface area contributed by atoms with Crippen LogP contribution >= 0.6 is 0 Å². The lowest BCUT2D eigenvalue weighted by Crippen LogP contribution is -2.42. The molecule has 3 heteroatoms. The number of hydrogen-bond donors (Lipinski definition) is 1. The van der Waals surface area contributed by atoms with Gasteiger partial charge in [-0.2, -0.15) is 0 Å². The minimum Gasteiger partial charge on any atom is -0.338 e. The highest BCUT2D eigenvalue weighted by Gasteiger charge is 2.41. The fourth-order valence-corrected chi connectivity index (χ4v) is 3.50. The van der Waals surface area contributed by atoms with E-state index in [0.717, 1.165) is 32.4 Å². The van der Waals surface area contributed by atoms with Crippen LogP contribution in [0, 0.1) is 5.41 Å². The summed E-state index contributed by atoms with van der Waals surface area (Å²) in [5, 5.41) is 3.31. The van der Waals surface area contributed by atoms with Gasteiger partial charge in [0.15, 0.2) is 0 Å². The van der Waals surface area contributed by atoms with Crippen molar-refractivity contribution < 1.29 is 4.79 Å². The molecule has 2 atom stereocenters. The zero-order valence-corrected chi connectivity index (χ0v) is 11.8. The van der Waals surface area contributed by atoms with E-state index in [1.54, 1.807) is 0 Å². The smallest absolute Gasteiger partial charge is 0.230 e. The highest BCUT2D eigenvalue weighted by atomic mass is 16.2. The maximum Gasteiger partial charge on any atom is 0.230 e. The van der Waals surface area contributed by atoms with E-state index >= 15 is 0 Å². The lowest BCUT2D eigenvalue weighted by atomic mass is 9.87. The number of benzene rings is 1. The molecule has 0 spiro atoms. The second-order valence-corrected chi connectivity index (χ2v) is 6.16. The molecule has 0 radical (unpaired) electrons. The summed E-state index contributed by atoms with van der Waals surface area (Å²) in [6, 6.07) is 8.79. The molecular formula is C16H22N2O. The van der Waals surface area contributed by atoms with E-state index < -0.39 is 0 Å². The van der Waals surface area contributed by atoms with Gasteiger partial charge in [-0.3, -0.25) is 4.79 Å². The van der Waals surface area contributed by atoms with Crippen LogP contribution < -0.4 is 5.32 Å². The van der Waals surface area contributed by atoms with E-state index in [4.69, 9.17) is 0 Å². The monoisotopic (exact) mass is 258 g/mol. The highest BCUT2D eigenvalue weighted by Crippen LogP contribution is 2.38. The summed E-state index contributed by atoms with van der Waals surface area (Å²) in [7, 11) is 1.97. The first-order valence-corrected chi connectivity index (χ1v) is 7.18. The van der Waals surface area contributed by atoms with Gasteiger partial charge in [0.2, 0.25) is 5.91 Å². The Kier molecular flexibility index (Phi) is 3.09. The van der Waals surface area contributed by atoms with E-state index in [9.17, 15) is 4.79 Å². The summed E-state index contributed by atoms with van der Waals surface area (Å²) < 4.78 is 0. The van der Waals surface area contributed by atoms with Gasteiger partial charge in [-0.15, -0.1) is 0 Å². The third kappa shape index (κ3) is 2.06. The van der Waals surface area contributed by atoms with E-state index in [1.165, 1.54) is 11.1 Å². The molecule has 3 nitrogen and oxygen atoms in total. The quantitative estimate of drug-likeness (QED) is 0.881. The Morgan fingerprint density at radius 3 is 2.95 bits per heavy atom. The largest absolute Gasteiger partial charge is 0.338 e. The molecule has 3 rings (SSSR count). The zero-order chi connectivity index (χ0) is 13.5. The Balaban J connectivity index is 1.82. The van der Waals surface area contributed by atoms with Gasteiger partial charge < -0.3 is 10.2 Å². The maximum absolute atomic E-state index is 12.7. The Morgan fingerprint density at radius 2 is 2.21 bits per heavy atom. The van der Waals surface area contributed by atoms with E-state index in [-0.39, 0.29) is 11.5 Å². The molecule has 1 aromatic carbocycles. The Hall–Kier alpha value is -1.35. The van der Waals surface area contributed by atoms with Crippen LogP contribution in [0.15, 0.2) is 24.3 Å². The van der Waals surface area contributed by atoms with Gasteiger partial charge in [-0.1, -0.05) is 24.3 Å². The molecule has 2 aliphatic rings. The third-order valence-electron chi connectivity index (χ3n) is 4.77. The van der Waals surface area contributed by atoms with Crippen molar-refractivity contribution in [3.05, 3.63) is 35.4 Å². The second-order valence-electron chi connectivity index (χ2n) is 6.16. The molecule has 102 valence electrons. The summed E-state index contributed by atoms with van der Waals surface area (Å²) in [4.78, 5) is 14.7. The predicted octanol–water partition coefficient (Wildman–Crippen LogP) is 2.13. The normalized spacial score (nSPS) is 29.3. The molecule has 2 unspecified atom stereocenters. The lowest BCUT2D eigenvalue weighted by molar-refractivity contribution is -0.141. The number of hydrogen-bond acceptors (Lipinski definition) is 2. The summed E-state index contributed by atoms with van der Waals surface area (Å²) in [5.41, 5.74) is 2.53. The topological polar surface area (TPSA) is 32.3 Å². The molecule has 1 N–H and O–H groups in total. The summed E-state index contributed by atoms with van der Waals surface area (Å²) >= 11 is 0. The van der Waals surface area contributed by atoms with Gasteiger partial charge >= 0.3 is 0 Å². The molecule has 0 aromatic heterocycles. The average Bonchev–Trinajstić information content (AvgIpc) is 3.04. The maximum atomic E-state index is 12.7. The minimum absolute atomic E-state index is 0.216. The molecule has 1 saturated heterocycles. The first kappa shape index (κ1) is 12.7. The molecule has 1 fully saturated rings. The standard InChI is InChI=1S/C16H22N2O/c1-16(9-10-17-11-16)15(19)18(2)14-8-7-12-5-3-4-6-13(12)14/h3-6,14,17H,7-11H2,1-2H3. The van der Waals surface area contributed by atoms with Crippen molar-refractivity contribution in [1.29, 1.82) is 0 Å². The Labute approximate surface area is 115 Å². The van der Waals surface area contributed by atoms with E-state index in [2.05, 4.69) is 36.5 Å². The van der Waals surface area contributed by atoms with Crippen LogP contribution in [0.3, 0.4) is 0 Å². The zero-order valence-electron chi connectivity index (χ0n) is 11.8. The summed E-state index contributed by atoms with van der Waals surface area (Å²) in [6.45, 7) is 3.86. The van der Waals surface area contributed by atoms with Crippen molar-refractivity contribution >= 4 is 5.91 Å². The number of nitrogens with zero attached hydrogens (tertiary/aromatic N) is 1. The molecular weight excluding hydrogens is 236 g/mol. The van der Waals surface area contributed by atoms with E-state index in [1.807, 2.05) is 11.9 Å². The van der Waals surface area contributed by atoms with Crippen LogP contribution in [0.2, 0.25) is 0 Å². The lowest BCUT2D eigenvalue weighted by Gasteiger charge is -2.33. The van der Waals surface area contributed by atoms with Crippen molar-refractivity contribution in [1.82, 2.24) is 10.2 Å². The first-order chi connectivity index (χ1) is 9.12. The number of carbonyl (C=O) groups is 1. The number of aryl methyl sites for hydroxylation is 1. The van der Waals surface area contributed by atoms with Crippen LogP contribution in [0.1, 0.15) is 36.9 Å². The average molecular weight is 258 g/mol. The number of nitrogens with one attached hydrogen (secondary N) is 1. The summed E-state index contributed by atoms with van der Waals surface area (Å²) in [6.07, 6.45) is 3.10. The molecule has 1 heterocycles. The minimum atomic E-state index is -0.216. The fourth-order valence-electron chi connectivity index (χ4n) is 3.50. The van der Waals surface area contributed by atoms with Crippen LogP contribution in [0.5, 0.6) is 0 Å².